The first-order chi connectivity index (χ1) is 13.5. The summed E-state index contributed by atoms with van der Waals surface area (Å²) in [5, 5.41) is 8.51. The molecule has 4 aromatic rings. The minimum Gasteiger partial charge on any atom is -0.322 e. The van der Waals surface area contributed by atoms with Crippen molar-refractivity contribution in [2.75, 3.05) is 5.32 Å². The predicted molar refractivity (Wildman–Crippen MR) is 112 cm³/mol. The van der Waals surface area contributed by atoms with E-state index in [-0.39, 0.29) is 5.91 Å². The van der Waals surface area contributed by atoms with Gasteiger partial charge in [-0.1, -0.05) is 50.2 Å². The Balaban J connectivity index is 1.65. The molecule has 0 aliphatic rings. The number of benzene rings is 2. The molecule has 0 unspecified atom stereocenters. The van der Waals surface area contributed by atoms with E-state index in [4.69, 9.17) is 0 Å². The lowest BCUT2D eigenvalue weighted by molar-refractivity contribution is 0.102. The van der Waals surface area contributed by atoms with Crippen molar-refractivity contribution in [3.8, 4) is 5.82 Å². The third kappa shape index (κ3) is 3.27. The smallest absolute Gasteiger partial charge is 0.259 e. The number of para-hydroxylation sites is 2. The quantitative estimate of drug-likeness (QED) is 0.543. The number of pyridine rings is 1. The van der Waals surface area contributed by atoms with Crippen LogP contribution in [0.5, 0.6) is 0 Å². The molecular formula is C23H22N4O. The zero-order chi connectivity index (χ0) is 19.7. The van der Waals surface area contributed by atoms with Gasteiger partial charge in [-0.2, -0.15) is 5.10 Å². The van der Waals surface area contributed by atoms with Gasteiger partial charge in [-0.25, -0.2) is 9.67 Å². The summed E-state index contributed by atoms with van der Waals surface area (Å²) in [6.07, 6.45) is 1.60. The average Bonchev–Trinajstić information content (AvgIpc) is 3.09. The van der Waals surface area contributed by atoms with Gasteiger partial charge in [0.2, 0.25) is 0 Å². The number of nitrogens with zero attached hydrogens (tertiary/aromatic N) is 3. The Kier molecular flexibility index (Phi) is 4.65. The second-order valence-electron chi connectivity index (χ2n) is 7.11. The Labute approximate surface area is 164 Å². The molecule has 0 aliphatic carbocycles. The van der Waals surface area contributed by atoms with Crippen LogP contribution in [0.1, 0.15) is 41.4 Å². The Bertz CT molecular complexity index is 1160. The van der Waals surface area contributed by atoms with E-state index in [2.05, 4.69) is 29.2 Å². The number of rotatable bonds is 4. The van der Waals surface area contributed by atoms with E-state index < -0.39 is 0 Å². The SMILES string of the molecule is Cc1c(C(=O)Nc2ccccc2C(C)C)cnn1-c1ccc2ccccc2n1. The average molecular weight is 370 g/mol. The van der Waals surface area contributed by atoms with Crippen LogP contribution in [0, 0.1) is 6.92 Å². The lowest BCUT2D eigenvalue weighted by atomic mass is 10.0. The van der Waals surface area contributed by atoms with Gasteiger partial charge in [0.25, 0.3) is 5.91 Å². The van der Waals surface area contributed by atoms with Crippen LogP contribution in [-0.4, -0.2) is 20.7 Å². The molecule has 4 rings (SSSR count). The normalized spacial score (nSPS) is 11.1. The molecule has 0 aliphatic heterocycles. The monoisotopic (exact) mass is 370 g/mol. The summed E-state index contributed by atoms with van der Waals surface area (Å²) in [6.45, 7) is 6.10. The highest BCUT2D eigenvalue weighted by Gasteiger charge is 2.17. The van der Waals surface area contributed by atoms with Gasteiger partial charge in [-0.3, -0.25) is 4.79 Å². The van der Waals surface area contributed by atoms with Crippen LogP contribution in [-0.2, 0) is 0 Å². The van der Waals surface area contributed by atoms with Gasteiger partial charge in [0.15, 0.2) is 5.82 Å². The van der Waals surface area contributed by atoms with Crippen molar-refractivity contribution in [3.63, 3.8) is 0 Å². The summed E-state index contributed by atoms with van der Waals surface area (Å²) < 4.78 is 1.70. The molecule has 1 amide bonds. The largest absolute Gasteiger partial charge is 0.322 e. The summed E-state index contributed by atoms with van der Waals surface area (Å²) >= 11 is 0. The highest BCUT2D eigenvalue weighted by Crippen LogP contribution is 2.25. The van der Waals surface area contributed by atoms with Gasteiger partial charge in [0.1, 0.15) is 0 Å². The highest BCUT2D eigenvalue weighted by atomic mass is 16.1. The van der Waals surface area contributed by atoms with Gasteiger partial charge in [0.05, 0.1) is 23.0 Å². The van der Waals surface area contributed by atoms with Gasteiger partial charge in [-0.05, 0) is 42.7 Å². The summed E-state index contributed by atoms with van der Waals surface area (Å²) in [5.74, 6) is 0.845. The van der Waals surface area contributed by atoms with Crippen LogP contribution >= 0.6 is 0 Å². The highest BCUT2D eigenvalue weighted by molar-refractivity contribution is 6.05. The molecule has 0 saturated heterocycles. The van der Waals surface area contributed by atoms with Crippen molar-refractivity contribution in [1.29, 1.82) is 0 Å². The Hall–Kier alpha value is -3.47. The number of carbonyl (C=O) groups excluding carboxylic acids is 1. The molecule has 2 aromatic heterocycles. The van der Waals surface area contributed by atoms with E-state index in [0.717, 1.165) is 27.8 Å². The molecule has 0 bridgehead atoms. The van der Waals surface area contributed by atoms with E-state index in [1.54, 1.807) is 10.9 Å². The molecule has 0 spiro atoms. The molecule has 0 fully saturated rings. The summed E-state index contributed by atoms with van der Waals surface area (Å²) in [5.41, 5.74) is 4.12. The minimum atomic E-state index is -0.169. The maximum Gasteiger partial charge on any atom is 0.259 e. The lowest BCUT2D eigenvalue weighted by Crippen LogP contribution is -2.14. The molecule has 0 saturated carbocycles. The fourth-order valence-corrected chi connectivity index (χ4v) is 3.34. The van der Waals surface area contributed by atoms with Crippen molar-refractivity contribution >= 4 is 22.5 Å². The Morgan fingerprint density at radius 3 is 2.57 bits per heavy atom. The van der Waals surface area contributed by atoms with E-state index in [1.807, 2.05) is 67.6 Å². The van der Waals surface area contributed by atoms with Crippen LogP contribution < -0.4 is 5.32 Å². The third-order valence-corrected chi connectivity index (χ3v) is 4.89. The zero-order valence-corrected chi connectivity index (χ0v) is 16.2. The van der Waals surface area contributed by atoms with Gasteiger partial charge < -0.3 is 5.32 Å². The molecule has 5 nitrogen and oxygen atoms in total. The van der Waals surface area contributed by atoms with Gasteiger partial charge in [-0.15, -0.1) is 0 Å². The minimum absolute atomic E-state index is 0.169. The van der Waals surface area contributed by atoms with E-state index in [0.29, 0.717) is 17.3 Å². The molecule has 28 heavy (non-hydrogen) atoms. The molecule has 0 radical (unpaired) electrons. The molecule has 5 heteroatoms. The molecule has 2 aromatic carbocycles. The Morgan fingerprint density at radius 2 is 1.75 bits per heavy atom. The van der Waals surface area contributed by atoms with Crippen LogP contribution in [0.3, 0.4) is 0 Å². The first kappa shape index (κ1) is 17.9. The fraction of sp³-hybridized carbons (Fsp3) is 0.174. The van der Waals surface area contributed by atoms with Gasteiger partial charge in [0, 0.05) is 11.1 Å². The van der Waals surface area contributed by atoms with E-state index in [1.165, 1.54) is 0 Å². The molecule has 0 atom stereocenters. The summed E-state index contributed by atoms with van der Waals surface area (Å²) in [7, 11) is 0. The van der Waals surface area contributed by atoms with Crippen molar-refractivity contribution < 1.29 is 4.79 Å². The van der Waals surface area contributed by atoms with E-state index in [9.17, 15) is 4.79 Å². The maximum atomic E-state index is 12.9. The standard InChI is InChI=1S/C23H22N4O/c1-15(2)18-9-5-7-11-21(18)26-23(28)19-14-24-27(16(19)3)22-13-12-17-8-4-6-10-20(17)25-22/h4-15H,1-3H3,(H,26,28). The second-order valence-corrected chi connectivity index (χ2v) is 7.11. The van der Waals surface area contributed by atoms with Crippen LogP contribution in [0.25, 0.3) is 16.7 Å². The number of aromatic nitrogens is 3. The van der Waals surface area contributed by atoms with Crippen LogP contribution in [0.2, 0.25) is 0 Å². The number of anilines is 1. The third-order valence-electron chi connectivity index (χ3n) is 4.89. The summed E-state index contributed by atoms with van der Waals surface area (Å²) in [6, 6.07) is 19.7. The predicted octanol–water partition coefficient (Wildman–Crippen LogP) is 5.10. The number of fused-ring (bicyclic) bond motifs is 1. The van der Waals surface area contributed by atoms with Crippen LogP contribution in [0.4, 0.5) is 5.69 Å². The number of hydrogen-bond donors (Lipinski definition) is 1. The molecule has 140 valence electrons. The molecule has 2 heterocycles. The van der Waals surface area contributed by atoms with Crippen molar-refractivity contribution in [3.05, 3.63) is 83.7 Å². The second kappa shape index (κ2) is 7.27. The van der Waals surface area contributed by atoms with Crippen molar-refractivity contribution in [1.82, 2.24) is 14.8 Å². The molecule has 1 N–H and O–H groups in total. The van der Waals surface area contributed by atoms with Gasteiger partial charge >= 0.3 is 0 Å². The van der Waals surface area contributed by atoms with Crippen molar-refractivity contribution in [2.24, 2.45) is 0 Å². The topological polar surface area (TPSA) is 59.8 Å². The number of nitrogens with one attached hydrogen (secondary N) is 1. The number of hydrogen-bond acceptors (Lipinski definition) is 3. The van der Waals surface area contributed by atoms with Crippen molar-refractivity contribution in [2.45, 2.75) is 26.7 Å². The fourth-order valence-electron chi connectivity index (χ4n) is 3.34. The first-order valence-electron chi connectivity index (χ1n) is 9.35. The zero-order valence-electron chi connectivity index (χ0n) is 16.2. The lowest BCUT2D eigenvalue weighted by Gasteiger charge is -2.13. The number of carbonyl (C=O) groups is 1. The summed E-state index contributed by atoms with van der Waals surface area (Å²) in [4.78, 5) is 17.6. The maximum absolute atomic E-state index is 12.9. The molecular weight excluding hydrogens is 348 g/mol. The number of amides is 1. The first-order valence-corrected chi connectivity index (χ1v) is 9.35. The van der Waals surface area contributed by atoms with Crippen LogP contribution in [0.15, 0.2) is 66.9 Å². The van der Waals surface area contributed by atoms with E-state index >= 15 is 0 Å². The Morgan fingerprint density at radius 1 is 1.00 bits per heavy atom.